The van der Waals surface area contributed by atoms with E-state index in [4.69, 9.17) is 4.74 Å². The molecule has 1 amide bonds. The Labute approximate surface area is 152 Å². The van der Waals surface area contributed by atoms with E-state index in [1.807, 2.05) is 18.4 Å². The molecule has 2 aromatic rings. The van der Waals surface area contributed by atoms with Gasteiger partial charge in [0.25, 0.3) is 0 Å². The van der Waals surface area contributed by atoms with E-state index in [0.29, 0.717) is 23.4 Å². The van der Waals surface area contributed by atoms with Crippen molar-refractivity contribution in [3.05, 3.63) is 65.5 Å². The van der Waals surface area contributed by atoms with Gasteiger partial charge in [0, 0.05) is 36.1 Å². The Morgan fingerprint density at radius 1 is 1.19 bits per heavy atom. The minimum atomic E-state index is -0.590. The number of benzene rings is 1. The lowest BCUT2D eigenvalue weighted by Crippen LogP contribution is -2.15. The van der Waals surface area contributed by atoms with Gasteiger partial charge in [-0.05, 0) is 44.2 Å². The first kappa shape index (κ1) is 19.2. The molecule has 0 spiro atoms. The number of carbonyl (C=O) groups is 3. The summed E-state index contributed by atoms with van der Waals surface area (Å²) in [5.41, 5.74) is 3.20. The number of allylic oxidation sites excluding steroid dienone is 1. The quantitative estimate of drug-likeness (QED) is 0.470. The number of hydrogen-bond donors (Lipinski definition) is 1. The zero-order valence-electron chi connectivity index (χ0n) is 15.2. The van der Waals surface area contributed by atoms with Crippen molar-refractivity contribution in [3.8, 4) is 0 Å². The largest absolute Gasteiger partial charge is 0.454 e. The molecule has 26 heavy (non-hydrogen) atoms. The highest BCUT2D eigenvalue weighted by molar-refractivity contribution is 6.00. The van der Waals surface area contributed by atoms with Crippen LogP contribution in [0, 0.1) is 13.8 Å². The van der Waals surface area contributed by atoms with Gasteiger partial charge in [0.1, 0.15) is 0 Å². The average molecular weight is 354 g/mol. The van der Waals surface area contributed by atoms with Gasteiger partial charge in [-0.3, -0.25) is 9.59 Å². The lowest BCUT2D eigenvalue weighted by molar-refractivity contribution is -0.114. The van der Waals surface area contributed by atoms with Gasteiger partial charge in [-0.1, -0.05) is 6.08 Å². The maximum Gasteiger partial charge on any atom is 0.338 e. The normalized spacial score (nSPS) is 10.3. The Hall–Kier alpha value is -3.15. The minimum Gasteiger partial charge on any atom is -0.454 e. The van der Waals surface area contributed by atoms with E-state index in [1.54, 1.807) is 24.3 Å². The van der Waals surface area contributed by atoms with Crippen LogP contribution in [0.5, 0.6) is 0 Å². The predicted octanol–water partition coefficient (Wildman–Crippen LogP) is 3.29. The van der Waals surface area contributed by atoms with Crippen LogP contribution in [0.1, 0.15) is 39.0 Å². The number of carbonyl (C=O) groups excluding carboxylic acids is 3. The zero-order valence-corrected chi connectivity index (χ0v) is 15.2. The van der Waals surface area contributed by atoms with Crippen molar-refractivity contribution in [2.24, 2.45) is 0 Å². The first-order valence-corrected chi connectivity index (χ1v) is 8.19. The van der Waals surface area contributed by atoms with Crippen LogP contribution in [-0.4, -0.2) is 28.8 Å². The molecule has 6 nitrogen and oxygen atoms in total. The SMILES string of the molecule is C=CCn1c(C)cc(C(=O)COC(=O)c2ccc(NC(C)=O)cc2)c1C. The zero-order chi connectivity index (χ0) is 19.3. The third-order valence-corrected chi connectivity index (χ3v) is 3.96. The second kappa shape index (κ2) is 8.29. The standard InChI is InChI=1S/C20H22N2O4/c1-5-10-22-13(2)11-18(14(22)3)19(24)12-26-20(25)16-6-8-17(9-7-16)21-15(4)23/h5-9,11H,1,10,12H2,2-4H3,(H,21,23). The Balaban J connectivity index is 2.01. The van der Waals surface area contributed by atoms with Crippen LogP contribution < -0.4 is 5.32 Å². The Morgan fingerprint density at radius 2 is 1.85 bits per heavy atom. The number of ketones is 1. The van der Waals surface area contributed by atoms with Gasteiger partial charge in [-0.2, -0.15) is 0 Å². The Bertz CT molecular complexity index is 847. The van der Waals surface area contributed by atoms with Gasteiger partial charge in [0.2, 0.25) is 11.7 Å². The third kappa shape index (κ3) is 4.47. The molecule has 0 unspecified atom stereocenters. The number of hydrogen-bond acceptors (Lipinski definition) is 4. The van der Waals surface area contributed by atoms with E-state index in [9.17, 15) is 14.4 Å². The van der Waals surface area contributed by atoms with Crippen molar-refractivity contribution in [1.29, 1.82) is 0 Å². The monoisotopic (exact) mass is 354 g/mol. The van der Waals surface area contributed by atoms with Crippen LogP contribution in [0.25, 0.3) is 0 Å². The number of nitrogens with zero attached hydrogens (tertiary/aromatic N) is 1. The highest BCUT2D eigenvalue weighted by Gasteiger charge is 2.17. The van der Waals surface area contributed by atoms with Crippen LogP contribution in [0.4, 0.5) is 5.69 Å². The van der Waals surface area contributed by atoms with Gasteiger partial charge < -0.3 is 14.6 Å². The van der Waals surface area contributed by atoms with E-state index >= 15 is 0 Å². The van der Waals surface area contributed by atoms with Crippen molar-refractivity contribution in [2.45, 2.75) is 27.3 Å². The second-order valence-corrected chi connectivity index (χ2v) is 5.94. The summed E-state index contributed by atoms with van der Waals surface area (Å²) in [5.74, 6) is -1.04. The topological polar surface area (TPSA) is 77.4 Å². The molecule has 0 aliphatic carbocycles. The number of anilines is 1. The average Bonchev–Trinajstić information content (AvgIpc) is 2.88. The lowest BCUT2D eigenvalue weighted by atomic mass is 10.1. The molecule has 0 aliphatic heterocycles. The fourth-order valence-electron chi connectivity index (χ4n) is 2.68. The molecule has 1 heterocycles. The van der Waals surface area contributed by atoms with Crippen LogP contribution in [0.2, 0.25) is 0 Å². The molecule has 0 bridgehead atoms. The van der Waals surface area contributed by atoms with E-state index in [0.717, 1.165) is 11.4 Å². The van der Waals surface area contributed by atoms with Crippen LogP contribution in [-0.2, 0) is 16.1 Å². The number of Topliss-reactive ketones (excluding diaryl/α,β-unsaturated/α-hetero) is 1. The third-order valence-electron chi connectivity index (χ3n) is 3.96. The molecule has 1 aromatic heterocycles. The van der Waals surface area contributed by atoms with Gasteiger partial charge in [0.15, 0.2) is 6.61 Å². The molecule has 0 saturated heterocycles. The Morgan fingerprint density at radius 3 is 2.42 bits per heavy atom. The first-order chi connectivity index (χ1) is 12.3. The van der Waals surface area contributed by atoms with Crippen LogP contribution in [0.3, 0.4) is 0 Å². The second-order valence-electron chi connectivity index (χ2n) is 5.94. The molecule has 0 fully saturated rings. The maximum absolute atomic E-state index is 12.4. The summed E-state index contributed by atoms with van der Waals surface area (Å²) in [7, 11) is 0. The molecular formula is C20H22N2O4. The van der Waals surface area contributed by atoms with Gasteiger partial charge in [0.05, 0.1) is 5.56 Å². The molecule has 136 valence electrons. The smallest absolute Gasteiger partial charge is 0.338 e. The summed E-state index contributed by atoms with van der Waals surface area (Å²) in [5, 5.41) is 2.61. The van der Waals surface area contributed by atoms with Gasteiger partial charge in [-0.25, -0.2) is 4.79 Å². The summed E-state index contributed by atoms with van der Waals surface area (Å²) in [6, 6.07) is 8.06. The van der Waals surface area contributed by atoms with Gasteiger partial charge >= 0.3 is 5.97 Å². The first-order valence-electron chi connectivity index (χ1n) is 8.19. The summed E-state index contributed by atoms with van der Waals surface area (Å²) in [6.45, 7) is 9.17. The molecule has 0 saturated carbocycles. The molecule has 0 radical (unpaired) electrons. The van der Waals surface area contributed by atoms with Crippen molar-refractivity contribution in [2.75, 3.05) is 11.9 Å². The molecule has 6 heteroatoms. The summed E-state index contributed by atoms with van der Waals surface area (Å²) >= 11 is 0. The predicted molar refractivity (Wildman–Crippen MR) is 99.5 cm³/mol. The van der Waals surface area contributed by atoms with Crippen LogP contribution in [0.15, 0.2) is 43.0 Å². The van der Waals surface area contributed by atoms with Crippen molar-refractivity contribution in [3.63, 3.8) is 0 Å². The number of rotatable bonds is 7. The highest BCUT2D eigenvalue weighted by atomic mass is 16.5. The Kier molecular flexibility index (Phi) is 6.11. The molecule has 1 N–H and O–H groups in total. The highest BCUT2D eigenvalue weighted by Crippen LogP contribution is 2.16. The number of ether oxygens (including phenoxy) is 1. The van der Waals surface area contributed by atoms with E-state index in [-0.39, 0.29) is 18.3 Å². The minimum absolute atomic E-state index is 0.194. The van der Waals surface area contributed by atoms with E-state index < -0.39 is 5.97 Å². The van der Waals surface area contributed by atoms with Crippen molar-refractivity contribution >= 4 is 23.3 Å². The summed E-state index contributed by atoms with van der Waals surface area (Å²) < 4.78 is 7.10. The number of amides is 1. The molecule has 2 rings (SSSR count). The maximum atomic E-state index is 12.4. The summed E-state index contributed by atoms with van der Waals surface area (Å²) in [4.78, 5) is 35.5. The van der Waals surface area contributed by atoms with Gasteiger partial charge in [-0.15, -0.1) is 6.58 Å². The molecular weight excluding hydrogens is 332 g/mol. The fourth-order valence-corrected chi connectivity index (χ4v) is 2.68. The van der Waals surface area contributed by atoms with Crippen molar-refractivity contribution < 1.29 is 19.1 Å². The number of nitrogens with one attached hydrogen (secondary N) is 1. The molecule has 1 aromatic carbocycles. The summed E-state index contributed by atoms with van der Waals surface area (Å²) in [6.07, 6.45) is 1.76. The number of aromatic nitrogens is 1. The van der Waals surface area contributed by atoms with E-state index in [1.165, 1.54) is 19.1 Å². The molecule has 0 atom stereocenters. The fraction of sp³-hybridized carbons (Fsp3) is 0.250. The van der Waals surface area contributed by atoms with E-state index in [2.05, 4.69) is 11.9 Å². The van der Waals surface area contributed by atoms with Crippen molar-refractivity contribution in [1.82, 2.24) is 4.57 Å². The van der Waals surface area contributed by atoms with Crippen LogP contribution >= 0.6 is 0 Å². The number of esters is 1. The molecule has 0 aliphatic rings. The number of aryl methyl sites for hydroxylation is 1. The lowest BCUT2D eigenvalue weighted by Gasteiger charge is -2.07.